The topological polar surface area (TPSA) is 17.8 Å². The number of hydrogen-bond acceptors (Lipinski definition) is 2. The van der Waals surface area contributed by atoms with Crippen LogP contribution in [0.1, 0.15) is 11.3 Å². The lowest BCUT2D eigenvalue weighted by atomic mass is 10.2. The van der Waals surface area contributed by atoms with E-state index in [9.17, 15) is 13.2 Å². The van der Waals surface area contributed by atoms with Crippen LogP contribution in [0.15, 0.2) is 41.7 Å². The molecular formula is C13H9F3N2S. The molecule has 0 unspecified atom stereocenters. The Morgan fingerprint density at radius 1 is 1.26 bits per heavy atom. The van der Waals surface area contributed by atoms with Gasteiger partial charge in [-0.25, -0.2) is 4.98 Å². The van der Waals surface area contributed by atoms with Gasteiger partial charge in [-0.1, -0.05) is 12.1 Å². The highest BCUT2D eigenvalue weighted by atomic mass is 32.2. The molecule has 0 aliphatic carbocycles. The summed E-state index contributed by atoms with van der Waals surface area (Å²) in [4.78, 5) is 4.13. The fraction of sp³-hybridized carbons (Fsp3) is 0.154. The Balaban J connectivity index is 2.09. The van der Waals surface area contributed by atoms with Crippen molar-refractivity contribution in [3.8, 4) is 12.3 Å². The van der Waals surface area contributed by atoms with Crippen LogP contribution < -0.4 is 0 Å². The van der Waals surface area contributed by atoms with E-state index in [1.165, 1.54) is 3.97 Å². The Morgan fingerprint density at radius 3 is 2.47 bits per heavy atom. The molecule has 0 saturated carbocycles. The quantitative estimate of drug-likeness (QED) is 0.800. The number of nitrogens with zero attached hydrogens (tertiary/aromatic N) is 2. The van der Waals surface area contributed by atoms with E-state index in [0.717, 1.165) is 34.9 Å². The minimum absolute atomic E-state index is 0.536. The first-order chi connectivity index (χ1) is 8.99. The number of aromatic nitrogens is 2. The Morgan fingerprint density at radius 2 is 1.95 bits per heavy atom. The molecule has 6 heteroatoms. The second kappa shape index (κ2) is 5.41. The summed E-state index contributed by atoms with van der Waals surface area (Å²) in [5, 5.41) is 0. The molecule has 0 bridgehead atoms. The molecule has 2 nitrogen and oxygen atoms in total. The molecule has 0 aliphatic heterocycles. The van der Waals surface area contributed by atoms with E-state index in [2.05, 4.69) is 10.9 Å². The molecule has 0 atom stereocenters. The van der Waals surface area contributed by atoms with Crippen LogP contribution in [0.3, 0.4) is 0 Å². The van der Waals surface area contributed by atoms with E-state index in [-0.39, 0.29) is 0 Å². The maximum atomic E-state index is 12.4. The molecule has 19 heavy (non-hydrogen) atoms. The third-order valence-corrected chi connectivity index (χ3v) is 3.18. The van der Waals surface area contributed by atoms with Crippen molar-refractivity contribution < 1.29 is 13.2 Å². The molecule has 0 saturated heterocycles. The van der Waals surface area contributed by atoms with Gasteiger partial charge in [0, 0.05) is 17.5 Å². The maximum Gasteiger partial charge on any atom is 0.434 e. The predicted octanol–water partition coefficient (Wildman–Crippen LogP) is 3.63. The molecule has 2 rings (SSSR count). The second-order valence-corrected chi connectivity index (χ2v) is 4.81. The number of halogens is 3. The fourth-order valence-corrected chi connectivity index (χ4v) is 2.16. The normalized spacial score (nSPS) is 11.3. The summed E-state index contributed by atoms with van der Waals surface area (Å²) >= 11 is 1.15. The van der Waals surface area contributed by atoms with Gasteiger partial charge >= 0.3 is 6.18 Å². The first-order valence-corrected chi connectivity index (χ1v) is 6.08. The predicted molar refractivity (Wildman–Crippen MR) is 67.5 cm³/mol. The molecule has 0 amide bonds. The number of rotatable bonds is 3. The number of terminal acetylenes is 1. The molecule has 0 N–H and O–H groups in total. The van der Waals surface area contributed by atoms with Crippen molar-refractivity contribution in [2.24, 2.45) is 0 Å². The van der Waals surface area contributed by atoms with E-state index < -0.39 is 11.9 Å². The number of alkyl halides is 3. The fourth-order valence-electron chi connectivity index (χ4n) is 1.41. The summed E-state index contributed by atoms with van der Waals surface area (Å²) in [6.45, 7) is 0. The van der Waals surface area contributed by atoms with Gasteiger partial charge in [-0.2, -0.15) is 13.2 Å². The summed E-state index contributed by atoms with van der Waals surface area (Å²) in [6.07, 6.45) is 3.41. The van der Waals surface area contributed by atoms with Crippen molar-refractivity contribution in [1.82, 2.24) is 8.96 Å². The maximum absolute atomic E-state index is 12.4. The van der Waals surface area contributed by atoms with Gasteiger partial charge in [0.15, 0.2) is 5.69 Å². The van der Waals surface area contributed by atoms with Gasteiger partial charge in [-0.05, 0) is 29.6 Å². The molecule has 0 fully saturated rings. The van der Waals surface area contributed by atoms with E-state index in [0.29, 0.717) is 6.42 Å². The van der Waals surface area contributed by atoms with Gasteiger partial charge in [-0.15, -0.1) is 12.3 Å². The summed E-state index contributed by atoms with van der Waals surface area (Å²) in [5.41, 5.74) is 0.0948. The highest BCUT2D eigenvalue weighted by molar-refractivity contribution is 7.97. The molecule has 1 aromatic carbocycles. The lowest BCUT2D eigenvalue weighted by molar-refractivity contribution is -0.140. The van der Waals surface area contributed by atoms with Crippen molar-refractivity contribution in [3.05, 3.63) is 48.0 Å². The van der Waals surface area contributed by atoms with Crippen LogP contribution in [0.5, 0.6) is 0 Å². The number of hydrogen-bond donors (Lipinski definition) is 0. The van der Waals surface area contributed by atoms with Crippen LogP contribution in [-0.4, -0.2) is 8.96 Å². The van der Waals surface area contributed by atoms with Crippen LogP contribution >= 0.6 is 11.9 Å². The monoisotopic (exact) mass is 282 g/mol. The van der Waals surface area contributed by atoms with Gasteiger partial charge in [-0.3, -0.25) is 3.97 Å². The average Bonchev–Trinajstić information content (AvgIpc) is 2.80. The first kappa shape index (κ1) is 13.6. The molecule has 0 spiro atoms. The standard InChI is InChI=1S/C13H9F3N2S/c1-2-3-10-4-6-11(7-5-10)19-18-8-12(17-9-18)13(14,15)16/h1,4-9H,3H2. The summed E-state index contributed by atoms with van der Waals surface area (Å²) in [6, 6.07) is 7.32. The second-order valence-electron chi connectivity index (χ2n) is 3.73. The van der Waals surface area contributed by atoms with E-state index in [1.54, 1.807) is 0 Å². The van der Waals surface area contributed by atoms with Crippen LogP contribution in [0.4, 0.5) is 13.2 Å². The largest absolute Gasteiger partial charge is 0.434 e. The van der Waals surface area contributed by atoms with E-state index >= 15 is 0 Å². The molecule has 98 valence electrons. The van der Waals surface area contributed by atoms with Crippen molar-refractivity contribution in [1.29, 1.82) is 0 Å². The minimum Gasteiger partial charge on any atom is -0.275 e. The number of imidazole rings is 1. The molecule has 1 aromatic heterocycles. The third kappa shape index (κ3) is 3.55. The highest BCUT2D eigenvalue weighted by Gasteiger charge is 2.33. The minimum atomic E-state index is -4.41. The zero-order chi connectivity index (χ0) is 13.9. The zero-order valence-corrected chi connectivity index (χ0v) is 10.5. The third-order valence-electron chi connectivity index (χ3n) is 2.29. The van der Waals surface area contributed by atoms with Crippen LogP contribution in [-0.2, 0) is 12.6 Å². The van der Waals surface area contributed by atoms with Gasteiger partial charge in [0.25, 0.3) is 0 Å². The van der Waals surface area contributed by atoms with Gasteiger partial charge in [0.05, 0.1) is 0 Å². The molecule has 1 heterocycles. The van der Waals surface area contributed by atoms with Gasteiger partial charge in [0.2, 0.25) is 0 Å². The summed E-state index contributed by atoms with van der Waals surface area (Å²) in [5.74, 6) is 2.53. The molecule has 2 aromatic rings. The Hall–Kier alpha value is -1.87. The Bertz CT molecular complexity index is 594. The lowest BCUT2D eigenvalue weighted by Gasteiger charge is -2.03. The Labute approximate surface area is 112 Å². The van der Waals surface area contributed by atoms with Crippen molar-refractivity contribution in [2.45, 2.75) is 17.5 Å². The van der Waals surface area contributed by atoms with Crippen molar-refractivity contribution >= 4 is 11.9 Å². The highest BCUT2D eigenvalue weighted by Crippen LogP contribution is 2.29. The van der Waals surface area contributed by atoms with Crippen LogP contribution in [0, 0.1) is 12.3 Å². The summed E-state index contributed by atoms with van der Waals surface area (Å²) in [7, 11) is 0. The average molecular weight is 282 g/mol. The van der Waals surface area contributed by atoms with Crippen molar-refractivity contribution in [3.63, 3.8) is 0 Å². The summed E-state index contributed by atoms with van der Waals surface area (Å²) < 4.78 is 38.4. The number of benzene rings is 1. The molecule has 0 aliphatic rings. The van der Waals surface area contributed by atoms with Gasteiger partial charge < -0.3 is 0 Å². The molecule has 0 radical (unpaired) electrons. The lowest BCUT2D eigenvalue weighted by Crippen LogP contribution is -2.04. The smallest absolute Gasteiger partial charge is 0.275 e. The first-order valence-electron chi connectivity index (χ1n) is 5.31. The van der Waals surface area contributed by atoms with Crippen LogP contribution in [0.25, 0.3) is 0 Å². The van der Waals surface area contributed by atoms with Crippen molar-refractivity contribution in [2.75, 3.05) is 0 Å². The Kier molecular flexibility index (Phi) is 3.86. The van der Waals surface area contributed by atoms with Crippen LogP contribution in [0.2, 0.25) is 0 Å². The SMILES string of the molecule is C#CCc1ccc(Sn2cnc(C(F)(F)F)c2)cc1. The zero-order valence-electron chi connectivity index (χ0n) is 9.69. The molecular weight excluding hydrogens is 273 g/mol. The van der Waals surface area contributed by atoms with E-state index in [4.69, 9.17) is 6.42 Å². The van der Waals surface area contributed by atoms with Gasteiger partial charge in [0.1, 0.15) is 6.33 Å². The van der Waals surface area contributed by atoms with E-state index in [1.807, 2.05) is 24.3 Å².